The van der Waals surface area contributed by atoms with Gasteiger partial charge in [-0.05, 0) is 55.4 Å². The van der Waals surface area contributed by atoms with Gasteiger partial charge in [0.25, 0.3) is 0 Å². The fourth-order valence-electron chi connectivity index (χ4n) is 3.05. The third-order valence-electron chi connectivity index (χ3n) is 4.52. The zero-order chi connectivity index (χ0) is 19.1. The van der Waals surface area contributed by atoms with Crippen LogP contribution in [0.5, 0.6) is 0 Å². The van der Waals surface area contributed by atoms with Crippen LogP contribution >= 0.6 is 0 Å². The van der Waals surface area contributed by atoms with Gasteiger partial charge >= 0.3 is 0 Å². The summed E-state index contributed by atoms with van der Waals surface area (Å²) in [5.74, 6) is 0.580. The minimum atomic E-state index is 0.580. The van der Waals surface area contributed by atoms with Gasteiger partial charge in [0.2, 0.25) is 0 Å². The van der Waals surface area contributed by atoms with Gasteiger partial charge in [-0.2, -0.15) is 5.26 Å². The molecule has 2 heteroatoms. The summed E-state index contributed by atoms with van der Waals surface area (Å²) in [6, 6.07) is 6.30. The molecule has 0 bridgehead atoms. The zero-order valence-electron chi connectivity index (χ0n) is 16.3. The quantitative estimate of drug-likeness (QED) is 0.437. The van der Waals surface area contributed by atoms with Crippen molar-refractivity contribution in [1.82, 2.24) is 4.98 Å². The first-order valence-corrected chi connectivity index (χ1v) is 9.31. The van der Waals surface area contributed by atoms with Crippen LogP contribution in [0.3, 0.4) is 0 Å². The molecule has 1 aromatic heterocycles. The number of nitrogens with zero attached hydrogens (tertiary/aromatic N) is 2. The van der Waals surface area contributed by atoms with Crippen molar-refractivity contribution in [2.24, 2.45) is 5.92 Å². The first kappa shape index (κ1) is 19.7. The van der Waals surface area contributed by atoms with E-state index >= 15 is 0 Å². The SMILES string of the molecule is C=C(C)c1nc(C2=CC/C=C(/C(C)C)CC=C2)ccc1/C(C#N)=C/CC. The molecule has 0 spiro atoms. The molecule has 0 N–H and O–H groups in total. The summed E-state index contributed by atoms with van der Waals surface area (Å²) in [5.41, 5.74) is 6.73. The van der Waals surface area contributed by atoms with E-state index in [1.807, 2.05) is 32.1 Å². The lowest BCUT2D eigenvalue weighted by Crippen LogP contribution is -1.99. The normalized spacial score (nSPS) is 17.0. The van der Waals surface area contributed by atoms with Crippen LogP contribution in [0.4, 0.5) is 0 Å². The van der Waals surface area contributed by atoms with Crippen molar-refractivity contribution < 1.29 is 0 Å². The molecule has 0 saturated carbocycles. The van der Waals surface area contributed by atoms with Crippen LogP contribution in [-0.4, -0.2) is 4.98 Å². The minimum Gasteiger partial charge on any atom is -0.248 e. The zero-order valence-corrected chi connectivity index (χ0v) is 16.3. The topological polar surface area (TPSA) is 36.7 Å². The van der Waals surface area contributed by atoms with Crippen molar-refractivity contribution >= 4 is 16.7 Å². The molecular weight excluding hydrogens is 316 g/mol. The highest BCUT2D eigenvalue weighted by molar-refractivity contribution is 5.84. The average Bonchev–Trinajstić information content (AvgIpc) is 2.59. The van der Waals surface area contributed by atoms with E-state index in [0.29, 0.717) is 11.5 Å². The molecule has 0 atom stereocenters. The third-order valence-corrected chi connectivity index (χ3v) is 4.52. The Bertz CT molecular complexity index is 839. The summed E-state index contributed by atoms with van der Waals surface area (Å²) in [4.78, 5) is 4.84. The van der Waals surface area contributed by atoms with Gasteiger partial charge in [0.05, 0.1) is 23.0 Å². The molecule has 0 aliphatic heterocycles. The van der Waals surface area contributed by atoms with Gasteiger partial charge in [-0.25, -0.2) is 4.98 Å². The Morgan fingerprint density at radius 1 is 1.35 bits per heavy atom. The van der Waals surface area contributed by atoms with E-state index in [4.69, 9.17) is 4.98 Å². The van der Waals surface area contributed by atoms with Crippen molar-refractivity contribution in [3.8, 4) is 6.07 Å². The van der Waals surface area contributed by atoms with Gasteiger partial charge < -0.3 is 0 Å². The number of rotatable bonds is 5. The number of hydrogen-bond acceptors (Lipinski definition) is 2. The highest BCUT2D eigenvalue weighted by atomic mass is 14.7. The number of allylic oxidation sites excluding steroid dienone is 9. The Kier molecular flexibility index (Phi) is 6.92. The minimum absolute atomic E-state index is 0.580. The Balaban J connectivity index is 2.45. The number of pyridine rings is 1. The molecule has 0 fully saturated rings. The van der Waals surface area contributed by atoms with Crippen LogP contribution in [0.2, 0.25) is 0 Å². The second kappa shape index (κ2) is 9.15. The maximum absolute atomic E-state index is 9.47. The lowest BCUT2D eigenvalue weighted by atomic mass is 9.94. The van der Waals surface area contributed by atoms with Crippen LogP contribution in [-0.2, 0) is 0 Å². The smallest absolute Gasteiger partial charge is 0.0995 e. The van der Waals surface area contributed by atoms with E-state index in [-0.39, 0.29) is 0 Å². The number of aromatic nitrogens is 1. The molecule has 26 heavy (non-hydrogen) atoms. The molecular formula is C24H28N2. The maximum Gasteiger partial charge on any atom is 0.0995 e. The average molecular weight is 345 g/mol. The molecule has 0 unspecified atom stereocenters. The van der Waals surface area contributed by atoms with Crippen LogP contribution in [0.1, 0.15) is 63.9 Å². The lowest BCUT2D eigenvalue weighted by molar-refractivity contribution is 0.742. The van der Waals surface area contributed by atoms with E-state index in [9.17, 15) is 5.26 Å². The number of nitriles is 1. The van der Waals surface area contributed by atoms with Crippen LogP contribution in [0.25, 0.3) is 16.7 Å². The second-order valence-corrected chi connectivity index (χ2v) is 6.95. The van der Waals surface area contributed by atoms with Crippen LogP contribution in [0, 0.1) is 17.2 Å². The molecule has 2 nitrogen and oxygen atoms in total. The number of hydrogen-bond donors (Lipinski definition) is 0. The molecule has 0 aromatic carbocycles. The summed E-state index contributed by atoms with van der Waals surface area (Å²) in [6.45, 7) is 12.5. The lowest BCUT2D eigenvalue weighted by Gasteiger charge is -2.13. The van der Waals surface area contributed by atoms with Crippen molar-refractivity contribution in [1.29, 1.82) is 5.26 Å². The first-order valence-electron chi connectivity index (χ1n) is 9.31. The highest BCUT2D eigenvalue weighted by Crippen LogP contribution is 2.27. The fourth-order valence-corrected chi connectivity index (χ4v) is 3.05. The Hall–Kier alpha value is -2.66. The van der Waals surface area contributed by atoms with Gasteiger partial charge in [0.15, 0.2) is 0 Å². The van der Waals surface area contributed by atoms with E-state index in [1.165, 1.54) is 5.57 Å². The molecule has 134 valence electrons. The molecule has 1 aromatic rings. The summed E-state index contributed by atoms with van der Waals surface area (Å²) < 4.78 is 0. The standard InChI is InChI=1S/C24H28N2/c1-6-9-21(16-25)22-14-15-23(26-24(22)18(4)5)20-12-7-10-19(17(2)3)11-8-13-20/h7,9,11-15,17H,4,6,8,10H2,1-3,5H3/b12-7?,19-11+,20-13?,21-9+. The van der Waals surface area contributed by atoms with E-state index in [1.54, 1.807) is 0 Å². The molecule has 1 aliphatic carbocycles. The van der Waals surface area contributed by atoms with Gasteiger partial charge in [-0.1, -0.05) is 63.3 Å². The second-order valence-electron chi connectivity index (χ2n) is 6.95. The summed E-state index contributed by atoms with van der Waals surface area (Å²) >= 11 is 0. The first-order chi connectivity index (χ1) is 12.5. The highest BCUT2D eigenvalue weighted by Gasteiger charge is 2.13. The van der Waals surface area contributed by atoms with Crippen LogP contribution in [0.15, 0.2) is 54.7 Å². The summed E-state index contributed by atoms with van der Waals surface area (Å²) in [7, 11) is 0. The van der Waals surface area contributed by atoms with Crippen molar-refractivity contribution in [2.75, 3.05) is 0 Å². The Labute approximate surface area is 158 Å². The molecule has 0 saturated heterocycles. The molecule has 2 rings (SSSR count). The van der Waals surface area contributed by atoms with Gasteiger partial charge in [0, 0.05) is 5.56 Å². The fraction of sp³-hybridized carbons (Fsp3) is 0.333. The van der Waals surface area contributed by atoms with Gasteiger partial charge in [0.1, 0.15) is 0 Å². The molecule has 1 aliphatic rings. The predicted molar refractivity (Wildman–Crippen MR) is 112 cm³/mol. The Morgan fingerprint density at radius 2 is 2.12 bits per heavy atom. The monoisotopic (exact) mass is 344 g/mol. The van der Waals surface area contributed by atoms with Crippen molar-refractivity contribution in [3.63, 3.8) is 0 Å². The van der Waals surface area contributed by atoms with E-state index in [0.717, 1.165) is 47.4 Å². The van der Waals surface area contributed by atoms with Gasteiger partial charge in [-0.15, -0.1) is 0 Å². The maximum atomic E-state index is 9.47. The molecule has 0 radical (unpaired) electrons. The van der Waals surface area contributed by atoms with E-state index in [2.05, 4.69) is 50.8 Å². The third kappa shape index (κ3) is 4.70. The van der Waals surface area contributed by atoms with E-state index < -0.39 is 0 Å². The van der Waals surface area contributed by atoms with Gasteiger partial charge in [-0.3, -0.25) is 0 Å². The van der Waals surface area contributed by atoms with Crippen molar-refractivity contribution in [2.45, 2.75) is 47.0 Å². The summed E-state index contributed by atoms with van der Waals surface area (Å²) in [6.07, 6.45) is 13.6. The van der Waals surface area contributed by atoms with Crippen molar-refractivity contribution in [3.05, 3.63) is 71.6 Å². The largest absolute Gasteiger partial charge is 0.248 e. The van der Waals surface area contributed by atoms with Crippen LogP contribution < -0.4 is 0 Å². The molecule has 0 amide bonds. The predicted octanol–water partition coefficient (Wildman–Crippen LogP) is 6.75. The Morgan fingerprint density at radius 3 is 2.73 bits per heavy atom. The molecule has 1 heterocycles. The summed E-state index contributed by atoms with van der Waals surface area (Å²) in [5, 5.41) is 9.47.